The highest BCUT2D eigenvalue weighted by Crippen LogP contribution is 2.33. The van der Waals surface area contributed by atoms with Crippen LogP contribution in [0.25, 0.3) is 0 Å². The van der Waals surface area contributed by atoms with Gasteiger partial charge >= 0.3 is 12.2 Å². The van der Waals surface area contributed by atoms with Crippen molar-refractivity contribution in [2.45, 2.75) is 12.1 Å². The molecule has 0 spiro atoms. The minimum absolute atomic E-state index is 0.0283. The quantitative estimate of drug-likeness (QED) is 0.785. The number of carbonyl (C=O) groups excluding carboxylic acids is 2. The summed E-state index contributed by atoms with van der Waals surface area (Å²) in [6.07, 6.45) is -4.15. The van der Waals surface area contributed by atoms with E-state index < -0.39 is 34.5 Å². The van der Waals surface area contributed by atoms with Crippen LogP contribution in [-0.4, -0.2) is 16.8 Å². The van der Waals surface area contributed by atoms with Crippen LogP contribution in [0.15, 0.2) is 36.5 Å². The number of nitrogens with two attached hydrogens (primary N) is 1. The van der Waals surface area contributed by atoms with E-state index in [0.29, 0.717) is 12.3 Å². The molecule has 0 bridgehead atoms. The van der Waals surface area contributed by atoms with Gasteiger partial charge in [-0.15, -0.1) is 0 Å². The van der Waals surface area contributed by atoms with Crippen molar-refractivity contribution in [2.24, 2.45) is 5.73 Å². The molecule has 0 fully saturated rings. The summed E-state index contributed by atoms with van der Waals surface area (Å²) in [5.74, 6) is -2.26. The van der Waals surface area contributed by atoms with E-state index in [4.69, 9.17) is 17.3 Å². The van der Waals surface area contributed by atoms with Crippen LogP contribution in [0.2, 0.25) is 5.02 Å². The second kappa shape index (κ2) is 7.41. The highest BCUT2D eigenvalue weighted by molar-refractivity contribution is 6.31. The molecule has 0 aliphatic rings. The molecule has 1 aromatic carbocycles. The Hall–Kier alpha value is -3.12. The van der Waals surface area contributed by atoms with Crippen LogP contribution in [0.5, 0.6) is 0 Å². The summed E-state index contributed by atoms with van der Waals surface area (Å²) in [6, 6.07) is 6.99. The summed E-state index contributed by atoms with van der Waals surface area (Å²) >= 11 is 5.80. The number of benzene rings is 1. The molecule has 0 aliphatic heterocycles. The molecular formula is C16H10ClF3N4O2. The van der Waals surface area contributed by atoms with Crippen molar-refractivity contribution in [3.05, 3.63) is 58.4 Å². The van der Waals surface area contributed by atoms with Gasteiger partial charge in [-0.1, -0.05) is 23.7 Å². The monoisotopic (exact) mass is 382 g/mol. The second-order valence-corrected chi connectivity index (χ2v) is 5.49. The number of nitrogens with zero attached hydrogens (tertiary/aromatic N) is 2. The number of nitrogens with one attached hydrogen (secondary N) is 1. The fourth-order valence-corrected chi connectivity index (χ4v) is 2.39. The standard InChI is InChI=1S/C16H10ClF3N4O2/c17-12-5-9(16(18,19)20)7-23-13(12)11(6-21)14(25)8-2-1-3-10(4-8)24-15(22)26/h1-5,7,11H,(H3,22,24,26)/t11-/m0/s1. The van der Waals surface area contributed by atoms with Crippen molar-refractivity contribution >= 4 is 29.1 Å². The largest absolute Gasteiger partial charge is 0.417 e. The number of anilines is 1. The van der Waals surface area contributed by atoms with E-state index in [-0.39, 0.29) is 16.9 Å². The second-order valence-electron chi connectivity index (χ2n) is 5.09. The number of hydrogen-bond acceptors (Lipinski definition) is 4. The SMILES string of the molecule is N#C[C@H](C(=O)c1cccc(NC(N)=O)c1)c1ncc(C(F)(F)F)cc1Cl. The average Bonchev–Trinajstić information content (AvgIpc) is 2.55. The molecule has 2 amide bonds. The molecule has 0 aliphatic carbocycles. The van der Waals surface area contributed by atoms with Gasteiger partial charge in [-0.2, -0.15) is 18.4 Å². The summed E-state index contributed by atoms with van der Waals surface area (Å²) in [7, 11) is 0. The Balaban J connectivity index is 2.39. The lowest BCUT2D eigenvalue weighted by Gasteiger charge is -2.13. The maximum Gasteiger partial charge on any atom is 0.417 e. The minimum atomic E-state index is -4.66. The molecule has 3 N–H and O–H groups in total. The number of primary amides is 1. The number of hydrogen-bond donors (Lipinski definition) is 2. The molecule has 10 heteroatoms. The molecular weight excluding hydrogens is 373 g/mol. The average molecular weight is 383 g/mol. The molecule has 134 valence electrons. The van der Waals surface area contributed by atoms with E-state index in [1.807, 2.05) is 0 Å². The zero-order valence-electron chi connectivity index (χ0n) is 12.8. The number of halogens is 4. The topological polar surface area (TPSA) is 109 Å². The maximum atomic E-state index is 12.7. The van der Waals surface area contributed by atoms with Gasteiger partial charge in [-0.25, -0.2) is 4.79 Å². The van der Waals surface area contributed by atoms with Gasteiger partial charge in [0.15, 0.2) is 11.7 Å². The first kappa shape index (κ1) is 19.2. The van der Waals surface area contributed by atoms with Crippen LogP contribution in [0.3, 0.4) is 0 Å². The Kier molecular flexibility index (Phi) is 5.47. The normalized spacial score (nSPS) is 12.1. The number of ketones is 1. The highest BCUT2D eigenvalue weighted by Gasteiger charge is 2.33. The van der Waals surface area contributed by atoms with Crippen LogP contribution >= 0.6 is 11.6 Å². The van der Waals surface area contributed by atoms with Crippen LogP contribution in [0.4, 0.5) is 23.7 Å². The third-order valence-corrected chi connectivity index (χ3v) is 3.58. The summed E-state index contributed by atoms with van der Waals surface area (Å²) < 4.78 is 38.0. The fourth-order valence-electron chi connectivity index (χ4n) is 2.12. The summed E-state index contributed by atoms with van der Waals surface area (Å²) in [6.45, 7) is 0. The van der Waals surface area contributed by atoms with E-state index in [2.05, 4.69) is 10.3 Å². The van der Waals surface area contributed by atoms with Crippen LogP contribution < -0.4 is 11.1 Å². The third kappa shape index (κ3) is 4.29. The van der Waals surface area contributed by atoms with Crippen molar-refractivity contribution < 1.29 is 22.8 Å². The number of Topliss-reactive ketones (excluding diaryl/α,β-unsaturated/α-hetero) is 1. The van der Waals surface area contributed by atoms with Crippen LogP contribution in [0.1, 0.15) is 27.5 Å². The van der Waals surface area contributed by atoms with E-state index >= 15 is 0 Å². The minimum Gasteiger partial charge on any atom is -0.351 e. The summed E-state index contributed by atoms with van der Waals surface area (Å²) in [5.41, 5.74) is 3.85. The van der Waals surface area contributed by atoms with Crippen LogP contribution in [-0.2, 0) is 6.18 Å². The molecule has 0 saturated heterocycles. The molecule has 26 heavy (non-hydrogen) atoms. The van der Waals surface area contributed by atoms with Gasteiger partial charge in [0, 0.05) is 17.4 Å². The zero-order chi connectivity index (χ0) is 19.5. The predicted molar refractivity (Wildman–Crippen MR) is 86.6 cm³/mol. The van der Waals surface area contributed by atoms with Gasteiger partial charge in [-0.05, 0) is 18.2 Å². The number of alkyl halides is 3. The molecule has 0 unspecified atom stereocenters. The molecule has 1 atom stereocenters. The zero-order valence-corrected chi connectivity index (χ0v) is 13.6. The molecule has 0 saturated carbocycles. The maximum absolute atomic E-state index is 12.7. The Morgan fingerprint density at radius 3 is 2.54 bits per heavy atom. The van der Waals surface area contributed by atoms with Gasteiger partial charge in [0.2, 0.25) is 0 Å². The molecule has 6 nitrogen and oxygen atoms in total. The Morgan fingerprint density at radius 1 is 1.31 bits per heavy atom. The highest BCUT2D eigenvalue weighted by atomic mass is 35.5. The van der Waals surface area contributed by atoms with Gasteiger partial charge in [-0.3, -0.25) is 9.78 Å². The lowest BCUT2D eigenvalue weighted by atomic mass is 9.94. The van der Waals surface area contributed by atoms with Crippen LogP contribution in [0, 0.1) is 11.3 Å². The van der Waals surface area contributed by atoms with Crippen molar-refractivity contribution in [1.29, 1.82) is 5.26 Å². The van der Waals surface area contributed by atoms with Gasteiger partial charge < -0.3 is 11.1 Å². The fraction of sp³-hybridized carbons (Fsp3) is 0.125. The van der Waals surface area contributed by atoms with Crippen molar-refractivity contribution in [3.8, 4) is 6.07 Å². The third-order valence-electron chi connectivity index (χ3n) is 3.28. The van der Waals surface area contributed by atoms with E-state index in [1.165, 1.54) is 24.3 Å². The number of pyridine rings is 1. The number of amides is 2. The molecule has 2 rings (SSSR count). The molecule has 2 aromatic rings. The number of rotatable bonds is 4. The number of urea groups is 1. The first-order valence-corrected chi connectivity index (χ1v) is 7.34. The first-order chi connectivity index (χ1) is 12.1. The summed E-state index contributed by atoms with van der Waals surface area (Å²) in [4.78, 5) is 27.0. The van der Waals surface area contributed by atoms with Gasteiger partial charge in [0.25, 0.3) is 0 Å². The summed E-state index contributed by atoms with van der Waals surface area (Å²) in [5, 5.41) is 11.1. The number of nitriles is 1. The smallest absolute Gasteiger partial charge is 0.351 e. The van der Waals surface area contributed by atoms with Gasteiger partial charge in [0.1, 0.15) is 0 Å². The van der Waals surface area contributed by atoms with E-state index in [0.717, 1.165) is 0 Å². The van der Waals surface area contributed by atoms with Crippen molar-refractivity contribution in [2.75, 3.05) is 5.32 Å². The molecule has 1 heterocycles. The lowest BCUT2D eigenvalue weighted by Crippen LogP contribution is -2.20. The van der Waals surface area contributed by atoms with E-state index in [9.17, 15) is 28.0 Å². The Bertz CT molecular complexity index is 909. The Labute approximate surface area is 150 Å². The predicted octanol–water partition coefficient (Wildman–Crippen LogP) is 3.73. The van der Waals surface area contributed by atoms with Crippen molar-refractivity contribution in [1.82, 2.24) is 4.98 Å². The molecule has 0 radical (unpaired) electrons. The Morgan fingerprint density at radius 2 is 2.00 bits per heavy atom. The van der Waals surface area contributed by atoms with Crippen molar-refractivity contribution in [3.63, 3.8) is 0 Å². The number of carbonyl (C=O) groups is 2. The lowest BCUT2D eigenvalue weighted by molar-refractivity contribution is -0.137. The molecule has 1 aromatic heterocycles. The first-order valence-electron chi connectivity index (χ1n) is 6.96. The number of aromatic nitrogens is 1. The van der Waals surface area contributed by atoms with Gasteiger partial charge in [0.05, 0.1) is 22.3 Å². The van der Waals surface area contributed by atoms with E-state index in [1.54, 1.807) is 6.07 Å².